The average molecular weight is 454 g/mol. The molecule has 5 nitrogen and oxygen atoms in total. The van der Waals surface area contributed by atoms with Crippen molar-refractivity contribution in [3.05, 3.63) is 76.2 Å². The Bertz CT molecular complexity index is 1310. The predicted molar refractivity (Wildman–Crippen MR) is 114 cm³/mol. The van der Waals surface area contributed by atoms with E-state index in [0.29, 0.717) is 6.54 Å². The third kappa shape index (κ3) is 3.25. The molecule has 0 unspecified atom stereocenters. The molecule has 0 atom stereocenters. The van der Waals surface area contributed by atoms with Crippen LogP contribution in [0.15, 0.2) is 64.8 Å². The van der Waals surface area contributed by atoms with Crippen molar-refractivity contribution in [1.29, 1.82) is 0 Å². The van der Waals surface area contributed by atoms with Gasteiger partial charge in [-0.15, -0.1) is 11.3 Å². The summed E-state index contributed by atoms with van der Waals surface area (Å²) in [5, 5.41) is 9.80. The van der Waals surface area contributed by atoms with E-state index in [1.807, 2.05) is 41.2 Å². The monoisotopic (exact) mass is 453 g/mol. The van der Waals surface area contributed by atoms with Crippen molar-refractivity contribution in [3.8, 4) is 0 Å². The highest BCUT2D eigenvalue weighted by Crippen LogP contribution is 2.33. The first-order chi connectivity index (χ1) is 13.7. The van der Waals surface area contributed by atoms with Gasteiger partial charge in [-0.25, -0.2) is 14.4 Å². The van der Waals surface area contributed by atoms with Crippen LogP contribution < -0.4 is 5.32 Å². The highest BCUT2D eigenvalue weighted by Gasteiger charge is 2.10. The van der Waals surface area contributed by atoms with E-state index in [1.54, 1.807) is 23.7 Å². The largest absolute Gasteiger partial charge is 0.340 e. The first-order valence-corrected chi connectivity index (χ1v) is 10.1. The predicted octanol–water partition coefficient (Wildman–Crippen LogP) is 5.73. The summed E-state index contributed by atoms with van der Waals surface area (Å²) in [6.07, 6.45) is 3.37. The van der Waals surface area contributed by atoms with Gasteiger partial charge in [-0.2, -0.15) is 5.10 Å². The molecule has 138 valence electrons. The minimum Gasteiger partial charge on any atom is -0.340 e. The van der Waals surface area contributed by atoms with Crippen LogP contribution in [0.5, 0.6) is 0 Å². The van der Waals surface area contributed by atoms with Crippen molar-refractivity contribution in [2.75, 3.05) is 5.32 Å². The maximum Gasteiger partial charge on any atom is 0.142 e. The molecule has 0 fully saturated rings. The van der Waals surface area contributed by atoms with Gasteiger partial charge in [-0.3, -0.25) is 4.68 Å². The standard InChI is InChI=1S/C20H13BrFN5S/c21-18-8-16-19(23-11-24-20(16)28-18)26-15-4-5-17-13(7-15)9-25-27(17)10-12-2-1-3-14(22)6-12/h1-9,11H,10H2,(H,23,24,26). The smallest absolute Gasteiger partial charge is 0.142 e. The molecule has 0 saturated heterocycles. The number of nitrogens with one attached hydrogen (secondary N) is 1. The molecule has 0 aliphatic rings. The van der Waals surface area contributed by atoms with Gasteiger partial charge in [-0.05, 0) is 57.9 Å². The fourth-order valence-corrected chi connectivity index (χ4v) is 4.58. The SMILES string of the molecule is Fc1cccc(Cn2ncc3cc(Nc4ncnc5sc(Br)cc45)ccc32)c1. The van der Waals surface area contributed by atoms with Gasteiger partial charge >= 0.3 is 0 Å². The molecule has 0 aliphatic carbocycles. The zero-order valence-electron chi connectivity index (χ0n) is 14.4. The molecule has 1 N–H and O–H groups in total. The zero-order valence-corrected chi connectivity index (χ0v) is 16.8. The molecule has 0 aliphatic heterocycles. The molecule has 28 heavy (non-hydrogen) atoms. The van der Waals surface area contributed by atoms with Gasteiger partial charge in [0.15, 0.2) is 0 Å². The number of aromatic nitrogens is 4. The molecule has 2 aromatic carbocycles. The maximum absolute atomic E-state index is 13.4. The molecule has 8 heteroatoms. The summed E-state index contributed by atoms with van der Waals surface area (Å²) in [5.74, 6) is 0.523. The van der Waals surface area contributed by atoms with E-state index in [4.69, 9.17) is 0 Å². The van der Waals surface area contributed by atoms with Crippen molar-refractivity contribution < 1.29 is 4.39 Å². The molecule has 5 rings (SSSR count). The van der Waals surface area contributed by atoms with Crippen molar-refractivity contribution in [1.82, 2.24) is 19.7 Å². The maximum atomic E-state index is 13.4. The molecular weight excluding hydrogens is 441 g/mol. The second-order valence-corrected chi connectivity index (χ2v) is 8.73. The number of rotatable bonds is 4. The molecule has 5 aromatic rings. The Morgan fingerprint density at radius 3 is 2.93 bits per heavy atom. The van der Waals surface area contributed by atoms with Crippen molar-refractivity contribution >= 4 is 59.9 Å². The van der Waals surface area contributed by atoms with Crippen LogP contribution in [0.2, 0.25) is 0 Å². The van der Waals surface area contributed by atoms with Crippen LogP contribution in [0.4, 0.5) is 15.9 Å². The Morgan fingerprint density at radius 2 is 2.04 bits per heavy atom. The van der Waals surface area contributed by atoms with Crippen molar-refractivity contribution in [3.63, 3.8) is 0 Å². The lowest BCUT2D eigenvalue weighted by atomic mass is 10.2. The second-order valence-electron chi connectivity index (χ2n) is 6.32. The van der Waals surface area contributed by atoms with E-state index in [2.05, 4.69) is 36.3 Å². The van der Waals surface area contributed by atoms with Gasteiger partial charge in [0, 0.05) is 11.1 Å². The Kier molecular flexibility index (Phi) is 4.29. The summed E-state index contributed by atoms with van der Waals surface area (Å²) >= 11 is 5.07. The number of nitrogens with zero attached hydrogens (tertiary/aromatic N) is 4. The van der Waals surface area contributed by atoms with Gasteiger partial charge in [0.2, 0.25) is 0 Å². The summed E-state index contributed by atoms with van der Waals surface area (Å²) in [6.45, 7) is 0.517. The first kappa shape index (κ1) is 17.3. The first-order valence-electron chi connectivity index (χ1n) is 8.53. The fraction of sp³-hybridized carbons (Fsp3) is 0.0500. The van der Waals surface area contributed by atoms with E-state index >= 15 is 0 Å². The second kappa shape index (κ2) is 6.96. The van der Waals surface area contributed by atoms with E-state index in [0.717, 1.165) is 42.0 Å². The van der Waals surface area contributed by atoms with Crippen LogP contribution in [0.1, 0.15) is 5.56 Å². The van der Waals surface area contributed by atoms with Gasteiger partial charge in [-0.1, -0.05) is 12.1 Å². The molecule has 0 spiro atoms. The minimum atomic E-state index is -0.239. The Labute approximate surface area is 172 Å². The molecule has 0 amide bonds. The number of hydrogen-bond donors (Lipinski definition) is 1. The summed E-state index contributed by atoms with van der Waals surface area (Å²) in [6, 6.07) is 14.6. The molecular formula is C20H13BrFN5S. The molecule has 3 heterocycles. The number of fused-ring (bicyclic) bond motifs is 2. The number of hydrogen-bond acceptors (Lipinski definition) is 5. The van der Waals surface area contributed by atoms with Gasteiger partial charge in [0.05, 0.1) is 27.4 Å². The van der Waals surface area contributed by atoms with Crippen LogP contribution >= 0.6 is 27.3 Å². The van der Waals surface area contributed by atoms with E-state index < -0.39 is 0 Å². The molecule has 0 radical (unpaired) electrons. The Balaban J connectivity index is 1.46. The van der Waals surface area contributed by atoms with E-state index in [1.165, 1.54) is 12.1 Å². The topological polar surface area (TPSA) is 55.6 Å². The lowest BCUT2D eigenvalue weighted by Gasteiger charge is -2.08. The summed E-state index contributed by atoms with van der Waals surface area (Å²) < 4.78 is 16.3. The number of benzene rings is 2. The third-order valence-electron chi connectivity index (χ3n) is 4.43. The van der Waals surface area contributed by atoms with Crippen LogP contribution in [0.3, 0.4) is 0 Å². The van der Waals surface area contributed by atoms with E-state index in [-0.39, 0.29) is 5.82 Å². The minimum absolute atomic E-state index is 0.239. The summed E-state index contributed by atoms with van der Waals surface area (Å²) in [5.41, 5.74) is 2.78. The highest BCUT2D eigenvalue weighted by atomic mass is 79.9. The number of halogens is 2. The van der Waals surface area contributed by atoms with E-state index in [9.17, 15) is 4.39 Å². The normalized spacial score (nSPS) is 11.4. The zero-order chi connectivity index (χ0) is 19.1. The molecule has 0 bridgehead atoms. The molecule has 3 aromatic heterocycles. The van der Waals surface area contributed by atoms with Crippen LogP contribution in [-0.4, -0.2) is 19.7 Å². The lowest BCUT2D eigenvalue weighted by Crippen LogP contribution is -2.01. The van der Waals surface area contributed by atoms with Crippen LogP contribution in [0.25, 0.3) is 21.1 Å². The Morgan fingerprint density at radius 1 is 1.11 bits per heavy atom. The Hall–Kier alpha value is -2.84. The average Bonchev–Trinajstić information content (AvgIpc) is 3.25. The van der Waals surface area contributed by atoms with Crippen molar-refractivity contribution in [2.24, 2.45) is 0 Å². The lowest BCUT2D eigenvalue weighted by molar-refractivity contribution is 0.621. The van der Waals surface area contributed by atoms with Gasteiger partial charge < -0.3 is 5.32 Å². The van der Waals surface area contributed by atoms with Crippen LogP contribution in [0, 0.1) is 5.82 Å². The summed E-state index contributed by atoms with van der Waals surface area (Å²) in [7, 11) is 0. The third-order valence-corrected chi connectivity index (χ3v) is 5.97. The van der Waals surface area contributed by atoms with Crippen molar-refractivity contribution in [2.45, 2.75) is 6.54 Å². The highest BCUT2D eigenvalue weighted by molar-refractivity contribution is 9.11. The molecule has 0 saturated carbocycles. The quantitative estimate of drug-likeness (QED) is 0.377. The van der Waals surface area contributed by atoms with Gasteiger partial charge in [0.1, 0.15) is 22.8 Å². The number of anilines is 2. The van der Waals surface area contributed by atoms with Gasteiger partial charge in [0.25, 0.3) is 0 Å². The number of thiophene rings is 1. The fourth-order valence-electron chi connectivity index (χ4n) is 3.16. The van der Waals surface area contributed by atoms with Crippen LogP contribution in [-0.2, 0) is 6.54 Å². The summed E-state index contributed by atoms with van der Waals surface area (Å²) in [4.78, 5) is 9.60.